The number of hydrogen-bond donors (Lipinski definition) is 3. The predicted molar refractivity (Wildman–Crippen MR) is 307 cm³/mol. The molecule has 3 N–H and O–H groups in total. The van der Waals surface area contributed by atoms with Crippen LogP contribution < -0.4 is 16.2 Å². The Kier molecular flexibility index (Phi) is 18.0. The summed E-state index contributed by atoms with van der Waals surface area (Å²) >= 11 is 0. The maximum atomic E-state index is 15.2. The number of carbonyl (C=O) groups is 5. The molecule has 0 spiro atoms. The van der Waals surface area contributed by atoms with Gasteiger partial charge in [-0.25, -0.2) is 18.3 Å². The number of carbonyl (C=O) groups excluding carboxylic acids is 5. The summed E-state index contributed by atoms with van der Waals surface area (Å²) in [6, 6.07) is 22.0. The normalized spacial score (nSPS) is 20.7. The third-order valence-electron chi connectivity index (χ3n) is 19.1. The molecular weight excluding hydrogens is 1060 g/mol. The summed E-state index contributed by atoms with van der Waals surface area (Å²) in [7, 11) is 0. The molecule has 1 aromatic heterocycles. The minimum absolute atomic E-state index is 0.00625. The fourth-order valence-electron chi connectivity index (χ4n) is 14.2. The van der Waals surface area contributed by atoms with Gasteiger partial charge in [0.2, 0.25) is 17.7 Å². The van der Waals surface area contributed by atoms with Crippen LogP contribution in [0.5, 0.6) is 0 Å². The van der Waals surface area contributed by atoms with Crippen molar-refractivity contribution in [3.63, 3.8) is 0 Å². The van der Waals surface area contributed by atoms with Gasteiger partial charge < -0.3 is 35.0 Å². The molecule has 6 fully saturated rings. The van der Waals surface area contributed by atoms with Crippen LogP contribution in [-0.2, 0) is 32.1 Å². The molecule has 6 aliphatic rings. The van der Waals surface area contributed by atoms with E-state index in [2.05, 4.69) is 25.7 Å². The van der Waals surface area contributed by atoms with Crippen molar-refractivity contribution in [2.75, 3.05) is 91.8 Å². The monoisotopic (exact) mass is 1140 g/mol. The second-order valence-corrected chi connectivity index (χ2v) is 24.1. The number of H-pyrrole nitrogens is 1. The fraction of sp³-hybridized carbons (Fsp3) is 0.516. The number of rotatable bonds is 16. The molecule has 5 amide bonds. The van der Waals surface area contributed by atoms with Gasteiger partial charge in [0, 0.05) is 99.2 Å². The number of nitrogens with one attached hydrogen (secondary N) is 3. The molecule has 1 aliphatic carbocycles. The molecule has 5 aromatic rings. The van der Waals surface area contributed by atoms with E-state index in [1.807, 2.05) is 35.2 Å². The molecule has 19 heteroatoms. The van der Waals surface area contributed by atoms with Crippen molar-refractivity contribution < 1.29 is 41.9 Å². The van der Waals surface area contributed by atoms with Crippen molar-refractivity contribution in [2.45, 2.75) is 95.6 Å². The summed E-state index contributed by atoms with van der Waals surface area (Å²) in [5, 5.41) is 14.2. The summed E-state index contributed by atoms with van der Waals surface area (Å²) in [6.07, 6.45) is 10.5. The summed E-state index contributed by atoms with van der Waals surface area (Å²) in [4.78, 5) is 91.4. The SMILES string of the molecule is O=C(N[C@@H](C(=O)N1CCC(C2(C3CCN(CC(=O)N4CCN(C(=O)c5cc(Cc6n[nH]c(=O)c7ccccc67)ccc5F)CC4)CC3)COC2)CC1)C1CCCCC1)c1cccc([C@H]2CCCN(C(=O)CNCc3ccc(F)cc3F)C2)c1. The van der Waals surface area contributed by atoms with Crippen molar-refractivity contribution in [1.82, 2.24) is 45.3 Å². The zero-order chi connectivity index (χ0) is 57.6. The number of aromatic amines is 1. The zero-order valence-electron chi connectivity index (χ0n) is 47.2. The van der Waals surface area contributed by atoms with E-state index in [9.17, 15) is 37.5 Å². The van der Waals surface area contributed by atoms with Gasteiger partial charge in [-0.15, -0.1) is 0 Å². The average Bonchev–Trinajstić information content (AvgIpc) is 3.70. The fourth-order valence-corrected chi connectivity index (χ4v) is 14.2. The van der Waals surface area contributed by atoms with E-state index in [1.165, 1.54) is 18.2 Å². The van der Waals surface area contributed by atoms with Crippen LogP contribution in [0.15, 0.2) is 89.7 Å². The van der Waals surface area contributed by atoms with Gasteiger partial charge in [-0.1, -0.05) is 61.7 Å². The number of amides is 5. The number of aromatic nitrogens is 2. The second kappa shape index (κ2) is 25.9. The second-order valence-electron chi connectivity index (χ2n) is 24.1. The lowest BCUT2D eigenvalue weighted by Gasteiger charge is -2.56. The molecule has 0 bridgehead atoms. The van der Waals surface area contributed by atoms with Gasteiger partial charge in [-0.05, 0) is 130 Å². The molecule has 0 radical (unpaired) electrons. The van der Waals surface area contributed by atoms with E-state index in [4.69, 9.17) is 4.74 Å². The number of benzene rings is 4. The minimum Gasteiger partial charge on any atom is -0.380 e. The van der Waals surface area contributed by atoms with E-state index < -0.39 is 29.4 Å². The number of likely N-dealkylation sites (tertiary alicyclic amines) is 3. The molecule has 0 unspecified atom stereocenters. The van der Waals surface area contributed by atoms with Gasteiger partial charge >= 0.3 is 0 Å². The summed E-state index contributed by atoms with van der Waals surface area (Å²) in [5.74, 6) is -1.83. The molecule has 1 saturated carbocycles. The highest BCUT2D eigenvalue weighted by molar-refractivity contribution is 5.98. The van der Waals surface area contributed by atoms with Crippen LogP contribution >= 0.6 is 0 Å². The van der Waals surface area contributed by atoms with Crippen molar-refractivity contribution in [2.24, 2.45) is 23.2 Å². The number of hydrogen-bond acceptors (Lipinski definition) is 10. The molecule has 440 valence electrons. The first-order valence-corrected chi connectivity index (χ1v) is 30.0. The van der Waals surface area contributed by atoms with Crippen LogP contribution in [0.3, 0.4) is 0 Å². The lowest BCUT2D eigenvalue weighted by Crippen LogP contribution is -2.60. The highest BCUT2D eigenvalue weighted by atomic mass is 19.1. The Labute approximate surface area is 482 Å². The Bertz CT molecular complexity index is 3230. The Morgan fingerprint density at radius 3 is 2.12 bits per heavy atom. The third-order valence-corrected chi connectivity index (χ3v) is 19.1. The average molecular weight is 1140 g/mol. The summed E-state index contributed by atoms with van der Waals surface area (Å²) < 4.78 is 48.8. The largest absolute Gasteiger partial charge is 0.380 e. The number of piperazine rings is 1. The number of ether oxygens (including phenoxy) is 1. The van der Waals surface area contributed by atoms with Gasteiger partial charge in [0.15, 0.2) is 0 Å². The number of fused-ring (bicyclic) bond motifs is 1. The van der Waals surface area contributed by atoms with Crippen LogP contribution in [0.25, 0.3) is 10.8 Å². The number of nitrogens with zero attached hydrogens (tertiary/aromatic N) is 6. The smallest absolute Gasteiger partial charge is 0.272 e. The first kappa shape index (κ1) is 57.8. The highest BCUT2D eigenvalue weighted by Gasteiger charge is 2.52. The summed E-state index contributed by atoms with van der Waals surface area (Å²) in [5.41, 5.74) is 2.73. The van der Waals surface area contributed by atoms with Gasteiger partial charge in [0.25, 0.3) is 17.4 Å². The highest BCUT2D eigenvalue weighted by Crippen LogP contribution is 2.51. The standard InChI is InChI=1S/C64H76F3N9O7/c65-50-17-16-46(55(67)35-50)36-68-37-57(77)76-23-7-12-47(38-76)44-10-6-11-45(34-44)60(79)69-59(43-8-2-1-3-9-43)63(82)74-26-21-49(22-27-74)64(40-83-41-64)48-19-24-72(25-20-48)39-58(78)73-28-30-75(31-29-73)62(81)53-32-42(15-18-54(53)66)33-56-51-13-4-5-14-52(51)61(80)71-70-56/h4-6,10-11,13-18,32,34-35,43,47-49,59,68H,1-3,7-9,12,19-31,33,36-41H2,(H,69,79)(H,71,80)/t47-,59+/m0/s1. The lowest BCUT2D eigenvalue weighted by atomic mass is 9.59. The Morgan fingerprint density at radius 1 is 0.675 bits per heavy atom. The van der Waals surface area contributed by atoms with Gasteiger partial charge in [0.1, 0.15) is 23.5 Å². The van der Waals surface area contributed by atoms with Crippen LogP contribution in [0.2, 0.25) is 0 Å². The molecule has 5 saturated heterocycles. The maximum Gasteiger partial charge on any atom is 0.272 e. The Morgan fingerprint density at radius 2 is 1.40 bits per heavy atom. The topological polar surface area (TPSA) is 181 Å². The summed E-state index contributed by atoms with van der Waals surface area (Å²) in [6.45, 7) is 7.03. The van der Waals surface area contributed by atoms with Gasteiger partial charge in [-0.2, -0.15) is 5.10 Å². The minimum atomic E-state index is -0.659. The number of halogens is 3. The Balaban J connectivity index is 0.638. The molecular formula is C64H76F3N9O7. The first-order chi connectivity index (χ1) is 40.3. The quantitative estimate of drug-likeness (QED) is 0.0927. The van der Waals surface area contributed by atoms with E-state index in [1.54, 1.807) is 45.0 Å². The van der Waals surface area contributed by atoms with E-state index in [0.29, 0.717) is 118 Å². The van der Waals surface area contributed by atoms with Gasteiger partial charge in [0.05, 0.1) is 42.9 Å². The number of piperidine rings is 3. The third kappa shape index (κ3) is 13.1. The predicted octanol–water partition coefficient (Wildman–Crippen LogP) is 7.06. The Hall–Kier alpha value is -6.96. The maximum absolute atomic E-state index is 15.2. The van der Waals surface area contributed by atoms with E-state index in [0.717, 1.165) is 95.3 Å². The molecule has 83 heavy (non-hydrogen) atoms. The molecule has 4 aromatic carbocycles. The van der Waals surface area contributed by atoms with Crippen molar-refractivity contribution >= 4 is 40.3 Å². The van der Waals surface area contributed by atoms with Gasteiger partial charge in [-0.3, -0.25) is 33.7 Å². The molecule has 6 heterocycles. The van der Waals surface area contributed by atoms with Crippen LogP contribution in [-0.4, -0.2) is 162 Å². The van der Waals surface area contributed by atoms with Crippen LogP contribution in [0, 0.1) is 40.6 Å². The molecule has 11 rings (SSSR count). The van der Waals surface area contributed by atoms with Crippen molar-refractivity contribution in [1.29, 1.82) is 0 Å². The van der Waals surface area contributed by atoms with E-state index in [-0.39, 0.29) is 70.7 Å². The van der Waals surface area contributed by atoms with E-state index >= 15 is 4.39 Å². The zero-order valence-corrected chi connectivity index (χ0v) is 47.2. The van der Waals surface area contributed by atoms with Crippen LogP contribution in [0.1, 0.15) is 120 Å². The first-order valence-electron chi connectivity index (χ1n) is 30.0. The molecule has 5 aliphatic heterocycles. The molecule has 2 atom stereocenters. The van der Waals surface area contributed by atoms with Crippen molar-refractivity contribution in [3.8, 4) is 0 Å². The lowest BCUT2D eigenvalue weighted by molar-refractivity contribution is -0.195. The van der Waals surface area contributed by atoms with Crippen LogP contribution in [0.4, 0.5) is 13.2 Å². The van der Waals surface area contributed by atoms with Crippen molar-refractivity contribution in [3.05, 3.63) is 146 Å². The molecule has 16 nitrogen and oxygen atoms in total.